The first kappa shape index (κ1) is 27.4. The molecule has 1 aromatic heterocycles. The van der Waals surface area contributed by atoms with E-state index in [0.717, 1.165) is 23.3 Å². The molecule has 208 valence electrons. The molecule has 2 N–H and O–H groups in total. The Kier molecular flexibility index (Phi) is 7.35. The lowest BCUT2D eigenvalue weighted by Gasteiger charge is -2.43. The Hall–Kier alpha value is -4.21. The van der Waals surface area contributed by atoms with Gasteiger partial charge in [-0.1, -0.05) is 32.0 Å². The lowest BCUT2D eigenvalue weighted by molar-refractivity contribution is -0.150. The Morgan fingerprint density at radius 3 is 2.52 bits per heavy atom. The SMILES string of the molecule is CC1(C)CCC(c2ccc(F)c(F)c2F)N(CC(=O)Nc2ccc3c(c2)CC(C(=O)Nc2ccccn2)C3)C1=O. The van der Waals surface area contributed by atoms with Crippen LogP contribution in [-0.2, 0) is 27.2 Å². The summed E-state index contributed by atoms with van der Waals surface area (Å²) in [5.74, 6) is -5.10. The van der Waals surface area contributed by atoms with Crippen molar-refractivity contribution < 1.29 is 27.6 Å². The number of likely N-dealkylation sites (tertiary alicyclic amines) is 1. The fraction of sp³-hybridized carbons (Fsp3) is 0.333. The van der Waals surface area contributed by atoms with Crippen LogP contribution in [0.5, 0.6) is 0 Å². The molecular weight excluding hydrogens is 521 g/mol. The first-order chi connectivity index (χ1) is 19.0. The molecule has 3 amide bonds. The van der Waals surface area contributed by atoms with Crippen LogP contribution in [0.3, 0.4) is 0 Å². The molecule has 3 aromatic rings. The van der Waals surface area contributed by atoms with Gasteiger partial charge in [0.2, 0.25) is 17.7 Å². The molecule has 2 atom stereocenters. The van der Waals surface area contributed by atoms with E-state index in [9.17, 15) is 27.6 Å². The Morgan fingerprint density at radius 1 is 1.00 bits per heavy atom. The molecule has 5 rings (SSSR count). The van der Waals surface area contributed by atoms with E-state index >= 15 is 0 Å². The summed E-state index contributed by atoms with van der Waals surface area (Å²) in [6.45, 7) is 3.08. The molecule has 2 heterocycles. The van der Waals surface area contributed by atoms with Gasteiger partial charge in [-0.05, 0) is 67.1 Å². The van der Waals surface area contributed by atoms with Crippen molar-refractivity contribution in [3.8, 4) is 0 Å². The molecule has 2 unspecified atom stereocenters. The smallest absolute Gasteiger partial charge is 0.244 e. The molecule has 7 nitrogen and oxygen atoms in total. The lowest BCUT2D eigenvalue weighted by Crippen LogP contribution is -2.50. The zero-order valence-electron chi connectivity index (χ0n) is 22.1. The number of hydrogen-bond acceptors (Lipinski definition) is 4. The van der Waals surface area contributed by atoms with Crippen LogP contribution in [-0.4, -0.2) is 34.2 Å². The topological polar surface area (TPSA) is 91.4 Å². The number of nitrogens with one attached hydrogen (secondary N) is 2. The quantitative estimate of drug-likeness (QED) is 0.414. The van der Waals surface area contributed by atoms with Gasteiger partial charge < -0.3 is 15.5 Å². The van der Waals surface area contributed by atoms with E-state index in [1.165, 1.54) is 4.90 Å². The molecule has 1 aliphatic heterocycles. The second-order valence-corrected chi connectivity index (χ2v) is 11.0. The third-order valence-corrected chi connectivity index (χ3v) is 7.71. The number of hydrogen-bond donors (Lipinski definition) is 2. The van der Waals surface area contributed by atoms with Crippen LogP contribution in [0.15, 0.2) is 54.7 Å². The summed E-state index contributed by atoms with van der Waals surface area (Å²) in [5, 5.41) is 5.61. The van der Waals surface area contributed by atoms with Gasteiger partial charge in [-0.25, -0.2) is 18.2 Å². The largest absolute Gasteiger partial charge is 0.326 e. The van der Waals surface area contributed by atoms with E-state index in [1.807, 2.05) is 6.07 Å². The van der Waals surface area contributed by atoms with Gasteiger partial charge >= 0.3 is 0 Å². The minimum absolute atomic E-state index is 0.137. The summed E-state index contributed by atoms with van der Waals surface area (Å²) >= 11 is 0. The number of benzene rings is 2. The van der Waals surface area contributed by atoms with Crippen molar-refractivity contribution in [1.82, 2.24) is 9.88 Å². The van der Waals surface area contributed by atoms with Gasteiger partial charge in [0.25, 0.3) is 0 Å². The minimum Gasteiger partial charge on any atom is -0.326 e. The van der Waals surface area contributed by atoms with Crippen molar-refractivity contribution in [3.63, 3.8) is 0 Å². The standard InChI is InChI=1S/C30H29F3N4O3/c1-30(2)11-10-23(21-8-9-22(31)27(33)26(21)32)37(29(30)40)16-25(38)35-20-7-6-17-13-19(14-18(17)15-20)28(39)36-24-5-3-4-12-34-24/h3-9,12,15,19,23H,10-11,13-14,16H2,1-2H3,(H,35,38)(H,34,36,39). The molecular formula is C30H29F3N4O3. The molecule has 10 heteroatoms. The highest BCUT2D eigenvalue weighted by Gasteiger charge is 2.43. The number of amides is 3. The summed E-state index contributed by atoms with van der Waals surface area (Å²) in [4.78, 5) is 44.5. The monoisotopic (exact) mass is 550 g/mol. The van der Waals surface area contributed by atoms with E-state index in [1.54, 1.807) is 50.4 Å². The number of piperidine rings is 1. The van der Waals surface area contributed by atoms with E-state index in [2.05, 4.69) is 15.6 Å². The first-order valence-electron chi connectivity index (χ1n) is 13.1. The Bertz CT molecular complexity index is 1480. The zero-order valence-corrected chi connectivity index (χ0v) is 22.1. The molecule has 1 fully saturated rings. The molecule has 0 spiro atoms. The summed E-state index contributed by atoms with van der Waals surface area (Å²) in [6, 6.07) is 11.7. The van der Waals surface area contributed by atoms with Crippen LogP contribution in [0, 0.1) is 28.8 Å². The number of fused-ring (bicyclic) bond motifs is 1. The van der Waals surface area contributed by atoms with Crippen LogP contribution in [0.2, 0.25) is 0 Å². The minimum atomic E-state index is -1.61. The number of carbonyl (C=O) groups is 3. The molecule has 0 saturated carbocycles. The number of pyridine rings is 1. The van der Waals surface area contributed by atoms with Gasteiger partial charge in [0.1, 0.15) is 12.4 Å². The maximum absolute atomic E-state index is 14.7. The van der Waals surface area contributed by atoms with Crippen LogP contribution >= 0.6 is 0 Å². The fourth-order valence-electron chi connectivity index (χ4n) is 5.50. The fourth-order valence-corrected chi connectivity index (χ4v) is 5.50. The van der Waals surface area contributed by atoms with Crippen LogP contribution in [0.25, 0.3) is 0 Å². The van der Waals surface area contributed by atoms with Gasteiger partial charge in [0, 0.05) is 28.8 Å². The van der Waals surface area contributed by atoms with Crippen LogP contribution in [0.1, 0.15) is 49.4 Å². The Balaban J connectivity index is 1.28. The Labute approximate surface area is 229 Å². The normalized spacial score (nSPS) is 19.7. The molecule has 40 heavy (non-hydrogen) atoms. The maximum Gasteiger partial charge on any atom is 0.244 e. The van der Waals surface area contributed by atoms with Crippen molar-refractivity contribution in [1.29, 1.82) is 0 Å². The molecule has 0 bridgehead atoms. The van der Waals surface area contributed by atoms with Crippen LogP contribution in [0.4, 0.5) is 24.7 Å². The second-order valence-electron chi connectivity index (χ2n) is 11.0. The third kappa shape index (κ3) is 5.43. The number of anilines is 2. The molecule has 1 aliphatic carbocycles. The van der Waals surface area contributed by atoms with Crippen molar-refractivity contribution >= 4 is 29.2 Å². The Morgan fingerprint density at radius 2 is 1.77 bits per heavy atom. The number of carbonyl (C=O) groups excluding carboxylic acids is 3. The van der Waals surface area contributed by atoms with E-state index in [-0.39, 0.29) is 29.7 Å². The highest BCUT2D eigenvalue weighted by atomic mass is 19.2. The average molecular weight is 551 g/mol. The predicted molar refractivity (Wildman–Crippen MR) is 143 cm³/mol. The highest BCUT2D eigenvalue weighted by Crippen LogP contribution is 2.41. The summed E-state index contributed by atoms with van der Waals surface area (Å²) in [5.41, 5.74) is 1.46. The van der Waals surface area contributed by atoms with E-state index in [4.69, 9.17) is 0 Å². The van der Waals surface area contributed by atoms with Gasteiger partial charge in [0.05, 0.1) is 6.04 Å². The van der Waals surface area contributed by atoms with E-state index < -0.39 is 41.4 Å². The summed E-state index contributed by atoms with van der Waals surface area (Å²) < 4.78 is 42.2. The van der Waals surface area contributed by atoms with Crippen molar-refractivity contribution in [3.05, 3.63) is 88.9 Å². The number of nitrogens with zero attached hydrogens (tertiary/aromatic N) is 2. The predicted octanol–water partition coefficient (Wildman–Crippen LogP) is 5.18. The van der Waals surface area contributed by atoms with Crippen LogP contribution < -0.4 is 10.6 Å². The van der Waals surface area contributed by atoms with Crippen molar-refractivity contribution in [2.75, 3.05) is 17.2 Å². The molecule has 1 saturated heterocycles. The van der Waals surface area contributed by atoms with Gasteiger partial charge in [-0.2, -0.15) is 0 Å². The number of aromatic nitrogens is 1. The van der Waals surface area contributed by atoms with Gasteiger partial charge in [-0.15, -0.1) is 0 Å². The zero-order chi connectivity index (χ0) is 28.6. The molecule has 2 aromatic carbocycles. The van der Waals surface area contributed by atoms with Gasteiger partial charge in [0.15, 0.2) is 17.5 Å². The second kappa shape index (κ2) is 10.7. The van der Waals surface area contributed by atoms with Crippen molar-refractivity contribution in [2.24, 2.45) is 11.3 Å². The number of halogens is 3. The number of rotatable bonds is 6. The molecule has 2 aliphatic rings. The molecule has 0 radical (unpaired) electrons. The van der Waals surface area contributed by atoms with E-state index in [0.29, 0.717) is 30.8 Å². The summed E-state index contributed by atoms with van der Waals surface area (Å²) in [6.07, 6.45) is 3.33. The van der Waals surface area contributed by atoms with Gasteiger partial charge in [-0.3, -0.25) is 14.4 Å². The highest BCUT2D eigenvalue weighted by molar-refractivity contribution is 5.96. The summed E-state index contributed by atoms with van der Waals surface area (Å²) in [7, 11) is 0. The lowest BCUT2D eigenvalue weighted by atomic mass is 9.78. The third-order valence-electron chi connectivity index (χ3n) is 7.71. The average Bonchev–Trinajstić information content (AvgIpc) is 3.35. The first-order valence-corrected chi connectivity index (χ1v) is 13.1. The van der Waals surface area contributed by atoms with Crippen molar-refractivity contribution in [2.45, 2.75) is 45.6 Å². The maximum atomic E-state index is 14.7.